The van der Waals surface area contributed by atoms with Crippen LogP contribution in [0.25, 0.3) is 0 Å². The molecule has 1 saturated carbocycles. The van der Waals surface area contributed by atoms with E-state index in [1.54, 1.807) is 6.07 Å². The van der Waals surface area contributed by atoms with E-state index in [9.17, 15) is 4.39 Å². The van der Waals surface area contributed by atoms with E-state index < -0.39 is 0 Å². The Morgan fingerprint density at radius 2 is 2.08 bits per heavy atom. The van der Waals surface area contributed by atoms with Crippen molar-refractivity contribution in [1.82, 2.24) is 0 Å². The highest BCUT2D eigenvalue weighted by Gasteiger charge is 2.26. The van der Waals surface area contributed by atoms with Gasteiger partial charge in [0.15, 0.2) is 0 Å². The SMILES string of the molecule is CN(c1cc(N)cc(F)c1)C1CC1. The Bertz CT molecular complexity index is 300. The summed E-state index contributed by atoms with van der Waals surface area (Å²) in [4.78, 5) is 2.08. The molecule has 0 heterocycles. The maximum absolute atomic E-state index is 13.0. The van der Waals surface area contributed by atoms with Crippen LogP contribution in [0.4, 0.5) is 15.8 Å². The molecule has 1 aromatic rings. The van der Waals surface area contributed by atoms with Gasteiger partial charge in [0, 0.05) is 24.5 Å². The highest BCUT2D eigenvalue weighted by atomic mass is 19.1. The van der Waals surface area contributed by atoms with Crippen molar-refractivity contribution in [2.24, 2.45) is 0 Å². The normalized spacial score (nSPS) is 15.8. The Balaban J connectivity index is 2.27. The van der Waals surface area contributed by atoms with Crippen LogP contribution < -0.4 is 10.6 Å². The summed E-state index contributed by atoms with van der Waals surface area (Å²) < 4.78 is 13.0. The van der Waals surface area contributed by atoms with Gasteiger partial charge < -0.3 is 10.6 Å². The summed E-state index contributed by atoms with van der Waals surface area (Å²) in [6.07, 6.45) is 2.40. The molecule has 2 nitrogen and oxygen atoms in total. The molecule has 0 aliphatic heterocycles. The van der Waals surface area contributed by atoms with E-state index >= 15 is 0 Å². The van der Waals surface area contributed by atoms with Gasteiger partial charge in [-0.05, 0) is 31.0 Å². The molecule has 2 rings (SSSR count). The molecular formula is C10H13FN2. The summed E-state index contributed by atoms with van der Waals surface area (Å²) in [6.45, 7) is 0. The van der Waals surface area contributed by atoms with Crippen molar-refractivity contribution < 1.29 is 4.39 Å². The molecule has 1 aromatic carbocycles. The molecule has 1 aliphatic carbocycles. The van der Waals surface area contributed by atoms with Crippen molar-refractivity contribution in [3.05, 3.63) is 24.0 Å². The van der Waals surface area contributed by atoms with Crippen LogP contribution in [-0.4, -0.2) is 13.1 Å². The van der Waals surface area contributed by atoms with Gasteiger partial charge in [-0.15, -0.1) is 0 Å². The fourth-order valence-corrected chi connectivity index (χ4v) is 1.47. The number of nitrogens with zero attached hydrogens (tertiary/aromatic N) is 1. The third kappa shape index (κ3) is 1.74. The second-order valence-corrected chi connectivity index (χ2v) is 3.58. The number of benzene rings is 1. The van der Waals surface area contributed by atoms with Crippen molar-refractivity contribution >= 4 is 11.4 Å². The first-order chi connectivity index (χ1) is 6.16. The summed E-state index contributed by atoms with van der Waals surface area (Å²) in [5, 5.41) is 0. The van der Waals surface area contributed by atoms with Gasteiger partial charge in [-0.2, -0.15) is 0 Å². The molecule has 3 heteroatoms. The molecule has 0 radical (unpaired) electrons. The highest BCUT2D eigenvalue weighted by Crippen LogP contribution is 2.31. The number of anilines is 2. The highest BCUT2D eigenvalue weighted by molar-refractivity contribution is 5.57. The summed E-state index contributed by atoms with van der Waals surface area (Å²) >= 11 is 0. The zero-order valence-electron chi connectivity index (χ0n) is 7.63. The predicted octanol–water partition coefficient (Wildman–Crippen LogP) is 2.01. The molecule has 0 unspecified atom stereocenters. The van der Waals surface area contributed by atoms with E-state index in [1.165, 1.54) is 25.0 Å². The maximum Gasteiger partial charge on any atom is 0.127 e. The first-order valence-electron chi connectivity index (χ1n) is 4.46. The van der Waals surface area contributed by atoms with E-state index in [-0.39, 0.29) is 5.82 Å². The van der Waals surface area contributed by atoms with Gasteiger partial charge in [-0.1, -0.05) is 0 Å². The molecule has 0 atom stereocenters. The third-order valence-electron chi connectivity index (χ3n) is 2.41. The van der Waals surface area contributed by atoms with Crippen LogP contribution in [0.3, 0.4) is 0 Å². The van der Waals surface area contributed by atoms with Crippen LogP contribution in [0.15, 0.2) is 18.2 Å². The lowest BCUT2D eigenvalue weighted by atomic mass is 10.2. The fraction of sp³-hybridized carbons (Fsp3) is 0.400. The van der Waals surface area contributed by atoms with E-state index in [4.69, 9.17) is 5.73 Å². The number of rotatable bonds is 2. The van der Waals surface area contributed by atoms with Gasteiger partial charge in [-0.25, -0.2) is 4.39 Å². The Kier molecular flexibility index (Phi) is 1.87. The molecule has 0 saturated heterocycles. The minimum absolute atomic E-state index is 0.262. The molecule has 0 spiro atoms. The summed E-state index contributed by atoms with van der Waals surface area (Å²) in [5.41, 5.74) is 6.91. The van der Waals surface area contributed by atoms with E-state index in [2.05, 4.69) is 4.90 Å². The van der Waals surface area contributed by atoms with Gasteiger partial charge in [0.1, 0.15) is 5.82 Å². The van der Waals surface area contributed by atoms with Crippen LogP contribution in [-0.2, 0) is 0 Å². The molecule has 70 valence electrons. The molecular weight excluding hydrogens is 167 g/mol. The third-order valence-corrected chi connectivity index (χ3v) is 2.41. The largest absolute Gasteiger partial charge is 0.399 e. The van der Waals surface area contributed by atoms with Crippen molar-refractivity contribution in [2.45, 2.75) is 18.9 Å². The van der Waals surface area contributed by atoms with Gasteiger partial charge in [0.2, 0.25) is 0 Å². The Labute approximate surface area is 77.2 Å². The standard InChI is InChI=1S/C10H13FN2/c1-13(9-2-3-9)10-5-7(11)4-8(12)6-10/h4-6,9H,2-3,12H2,1H3. The summed E-state index contributed by atoms with van der Waals surface area (Å²) in [5.74, 6) is -0.262. The molecule has 1 aliphatic rings. The van der Waals surface area contributed by atoms with Crippen molar-refractivity contribution in [1.29, 1.82) is 0 Å². The maximum atomic E-state index is 13.0. The lowest BCUT2D eigenvalue weighted by molar-refractivity contribution is 0.628. The van der Waals surface area contributed by atoms with E-state index in [1.807, 2.05) is 7.05 Å². The van der Waals surface area contributed by atoms with Gasteiger partial charge in [0.25, 0.3) is 0 Å². The average molecular weight is 180 g/mol. The zero-order chi connectivity index (χ0) is 9.42. The van der Waals surface area contributed by atoms with E-state index in [0.717, 1.165) is 5.69 Å². The summed E-state index contributed by atoms with van der Waals surface area (Å²) in [7, 11) is 1.98. The average Bonchev–Trinajstić information content (AvgIpc) is 2.83. The fourth-order valence-electron chi connectivity index (χ4n) is 1.47. The van der Waals surface area contributed by atoms with Crippen LogP contribution >= 0.6 is 0 Å². The van der Waals surface area contributed by atoms with Crippen molar-refractivity contribution in [3.63, 3.8) is 0 Å². The van der Waals surface area contributed by atoms with Gasteiger partial charge in [-0.3, -0.25) is 0 Å². The Morgan fingerprint density at radius 1 is 1.38 bits per heavy atom. The number of nitrogens with two attached hydrogens (primary N) is 1. The van der Waals surface area contributed by atoms with Crippen LogP contribution in [0, 0.1) is 5.82 Å². The first-order valence-corrected chi connectivity index (χ1v) is 4.46. The molecule has 0 aromatic heterocycles. The first kappa shape index (κ1) is 8.35. The zero-order valence-corrected chi connectivity index (χ0v) is 7.63. The predicted molar refractivity (Wildman–Crippen MR) is 52.2 cm³/mol. The number of nitrogen functional groups attached to an aromatic ring is 1. The molecule has 2 N–H and O–H groups in total. The molecule has 0 amide bonds. The lowest BCUT2D eigenvalue weighted by Crippen LogP contribution is -2.19. The number of hydrogen-bond donors (Lipinski definition) is 1. The molecule has 13 heavy (non-hydrogen) atoms. The quantitative estimate of drug-likeness (QED) is 0.705. The van der Waals surface area contributed by atoms with Crippen LogP contribution in [0.1, 0.15) is 12.8 Å². The molecule has 1 fully saturated rings. The molecule has 0 bridgehead atoms. The van der Waals surface area contributed by atoms with Crippen LogP contribution in [0.2, 0.25) is 0 Å². The minimum atomic E-state index is -0.262. The minimum Gasteiger partial charge on any atom is -0.399 e. The number of hydrogen-bond acceptors (Lipinski definition) is 2. The topological polar surface area (TPSA) is 29.3 Å². The van der Waals surface area contributed by atoms with Crippen LogP contribution in [0.5, 0.6) is 0 Å². The van der Waals surface area contributed by atoms with Crippen molar-refractivity contribution in [2.75, 3.05) is 17.7 Å². The Morgan fingerprint density at radius 3 is 2.62 bits per heavy atom. The second-order valence-electron chi connectivity index (χ2n) is 3.58. The van der Waals surface area contributed by atoms with E-state index in [0.29, 0.717) is 11.7 Å². The lowest BCUT2D eigenvalue weighted by Gasteiger charge is -2.18. The second kappa shape index (κ2) is 2.91. The van der Waals surface area contributed by atoms with Gasteiger partial charge >= 0.3 is 0 Å². The monoisotopic (exact) mass is 180 g/mol. The number of halogens is 1. The van der Waals surface area contributed by atoms with Gasteiger partial charge in [0.05, 0.1) is 0 Å². The smallest absolute Gasteiger partial charge is 0.127 e. The summed E-state index contributed by atoms with van der Waals surface area (Å²) in [6, 6.07) is 5.25. The van der Waals surface area contributed by atoms with Crippen molar-refractivity contribution in [3.8, 4) is 0 Å². The Hall–Kier alpha value is -1.25.